The van der Waals surface area contributed by atoms with Crippen molar-refractivity contribution >= 4 is 40.2 Å². The maximum absolute atomic E-state index is 12.8. The van der Waals surface area contributed by atoms with Crippen molar-refractivity contribution in [3.05, 3.63) is 36.5 Å². The average molecular weight is 432 g/mol. The Bertz CT molecular complexity index is 1290. The van der Waals surface area contributed by atoms with Gasteiger partial charge in [0.15, 0.2) is 5.82 Å². The summed E-state index contributed by atoms with van der Waals surface area (Å²) in [5.74, 6) is 1.83. The first-order valence-corrected chi connectivity index (χ1v) is 10.4. The maximum Gasteiger partial charge on any atom is 0.230 e. The second-order valence-electron chi connectivity index (χ2n) is 7.95. The Kier molecular flexibility index (Phi) is 4.85. The van der Waals surface area contributed by atoms with Crippen LogP contribution < -0.4 is 21.7 Å². The number of aromatic nitrogens is 6. The summed E-state index contributed by atoms with van der Waals surface area (Å²) in [6.07, 6.45) is 3.34. The number of piperidine rings is 1. The zero-order valence-electron chi connectivity index (χ0n) is 17.6. The van der Waals surface area contributed by atoms with Crippen molar-refractivity contribution in [2.75, 3.05) is 34.8 Å². The van der Waals surface area contributed by atoms with Crippen molar-refractivity contribution < 1.29 is 4.79 Å². The van der Waals surface area contributed by atoms with Gasteiger partial charge in [-0.3, -0.25) is 14.6 Å². The topological polar surface area (TPSA) is 157 Å². The van der Waals surface area contributed by atoms with Crippen LogP contribution in [0.1, 0.15) is 12.8 Å². The molecule has 164 valence electrons. The molecule has 3 aromatic heterocycles. The van der Waals surface area contributed by atoms with Gasteiger partial charge in [0.25, 0.3) is 0 Å². The number of fused-ring (bicyclic) bond motifs is 1. The molecule has 1 unspecified atom stereocenters. The van der Waals surface area contributed by atoms with E-state index in [9.17, 15) is 4.79 Å². The monoisotopic (exact) mass is 432 g/mol. The van der Waals surface area contributed by atoms with Gasteiger partial charge in [-0.2, -0.15) is 15.2 Å². The number of anilines is 4. The number of hydrogen-bond acceptors (Lipinski definition) is 8. The molecule has 4 heterocycles. The SMILES string of the molecule is Cn1nccc1NC(=O)C1CCCN(c2cc(-c3ccc4c(N)n[nH]c4c3)nc(N)n2)C1. The molecule has 0 bridgehead atoms. The predicted octanol–water partition coefficient (Wildman–Crippen LogP) is 1.77. The van der Waals surface area contributed by atoms with Gasteiger partial charge in [-0.1, -0.05) is 6.07 Å². The number of aryl methyl sites for hydroxylation is 1. The molecule has 1 saturated heterocycles. The molecule has 1 fully saturated rings. The van der Waals surface area contributed by atoms with Crippen LogP contribution in [0.3, 0.4) is 0 Å². The van der Waals surface area contributed by atoms with E-state index in [4.69, 9.17) is 11.5 Å². The minimum absolute atomic E-state index is 0.0252. The third kappa shape index (κ3) is 3.68. The highest BCUT2D eigenvalue weighted by atomic mass is 16.2. The number of hydrogen-bond donors (Lipinski definition) is 4. The smallest absolute Gasteiger partial charge is 0.230 e. The van der Waals surface area contributed by atoms with Gasteiger partial charge in [-0.15, -0.1) is 0 Å². The number of aromatic amines is 1. The molecule has 11 heteroatoms. The van der Waals surface area contributed by atoms with Crippen LogP contribution in [-0.2, 0) is 11.8 Å². The molecule has 0 aliphatic carbocycles. The fraction of sp³-hybridized carbons (Fsp3) is 0.286. The van der Waals surface area contributed by atoms with Crippen LogP contribution in [-0.4, -0.2) is 48.9 Å². The molecule has 1 aliphatic heterocycles. The Hall–Kier alpha value is -4.15. The van der Waals surface area contributed by atoms with Crippen LogP contribution in [0.2, 0.25) is 0 Å². The summed E-state index contributed by atoms with van der Waals surface area (Å²) >= 11 is 0. The predicted molar refractivity (Wildman–Crippen MR) is 123 cm³/mol. The number of H-pyrrole nitrogens is 1. The fourth-order valence-electron chi connectivity index (χ4n) is 4.09. The van der Waals surface area contributed by atoms with E-state index < -0.39 is 0 Å². The highest BCUT2D eigenvalue weighted by molar-refractivity contribution is 5.93. The highest BCUT2D eigenvalue weighted by Gasteiger charge is 2.27. The molecule has 1 amide bonds. The van der Waals surface area contributed by atoms with Crippen molar-refractivity contribution in [2.24, 2.45) is 13.0 Å². The fourth-order valence-corrected chi connectivity index (χ4v) is 4.09. The van der Waals surface area contributed by atoms with Gasteiger partial charge in [0.05, 0.1) is 23.3 Å². The molecule has 0 saturated carbocycles. The molecule has 11 nitrogen and oxygen atoms in total. The standard InChI is InChI=1S/C21H24N10O/c1-30-17(6-7-24-30)26-20(32)13-3-2-8-31(11-13)18-10-15(25-21(23)27-18)12-4-5-14-16(9-12)28-29-19(14)22/h4-7,9-10,13H,2-3,8,11H2,1H3,(H,26,32)(H3,22,28,29)(H2,23,25,27). The molecule has 0 spiro atoms. The largest absolute Gasteiger partial charge is 0.382 e. The van der Waals surface area contributed by atoms with Gasteiger partial charge in [-0.05, 0) is 25.0 Å². The van der Waals surface area contributed by atoms with Gasteiger partial charge < -0.3 is 21.7 Å². The lowest BCUT2D eigenvalue weighted by Gasteiger charge is -2.33. The Balaban J connectivity index is 1.38. The Morgan fingerprint density at radius 3 is 2.91 bits per heavy atom. The molecular weight excluding hydrogens is 408 g/mol. The van der Waals surface area contributed by atoms with E-state index in [1.165, 1.54) is 0 Å². The molecule has 4 aromatic rings. The van der Waals surface area contributed by atoms with Crippen LogP contribution in [0.15, 0.2) is 36.5 Å². The number of amides is 1. The molecule has 1 aliphatic rings. The van der Waals surface area contributed by atoms with E-state index in [0.29, 0.717) is 29.7 Å². The quantitative estimate of drug-likeness (QED) is 0.380. The van der Waals surface area contributed by atoms with Gasteiger partial charge in [0, 0.05) is 43.2 Å². The highest BCUT2D eigenvalue weighted by Crippen LogP contribution is 2.29. The van der Waals surface area contributed by atoms with Crippen LogP contribution >= 0.6 is 0 Å². The first-order chi connectivity index (χ1) is 15.5. The van der Waals surface area contributed by atoms with E-state index in [-0.39, 0.29) is 17.8 Å². The van der Waals surface area contributed by atoms with Crippen molar-refractivity contribution in [2.45, 2.75) is 12.8 Å². The van der Waals surface area contributed by atoms with Gasteiger partial charge in [-0.25, -0.2) is 4.98 Å². The summed E-state index contributed by atoms with van der Waals surface area (Å²) < 4.78 is 1.64. The van der Waals surface area contributed by atoms with Crippen molar-refractivity contribution in [3.63, 3.8) is 0 Å². The summed E-state index contributed by atoms with van der Waals surface area (Å²) in [6, 6.07) is 9.45. The normalized spacial score (nSPS) is 16.4. The molecule has 0 radical (unpaired) electrons. The molecule has 6 N–H and O–H groups in total. The summed E-state index contributed by atoms with van der Waals surface area (Å²) in [5, 5.41) is 14.9. The number of nitrogens with one attached hydrogen (secondary N) is 2. The zero-order chi connectivity index (χ0) is 22.2. The molecule has 1 aromatic carbocycles. The number of rotatable bonds is 4. The summed E-state index contributed by atoms with van der Waals surface area (Å²) in [7, 11) is 1.79. The number of nitrogen functional groups attached to an aromatic ring is 2. The van der Waals surface area contributed by atoms with E-state index in [1.54, 1.807) is 24.0 Å². The summed E-state index contributed by atoms with van der Waals surface area (Å²) in [6.45, 7) is 1.34. The molecule has 5 rings (SSSR count). The number of carbonyl (C=O) groups is 1. The van der Waals surface area contributed by atoms with E-state index >= 15 is 0 Å². The van der Waals surface area contributed by atoms with Crippen LogP contribution in [0.5, 0.6) is 0 Å². The van der Waals surface area contributed by atoms with Gasteiger partial charge >= 0.3 is 0 Å². The Labute approximate surface area is 183 Å². The lowest BCUT2D eigenvalue weighted by atomic mass is 9.97. The van der Waals surface area contributed by atoms with Gasteiger partial charge in [0.1, 0.15) is 11.6 Å². The van der Waals surface area contributed by atoms with E-state index in [2.05, 4.69) is 35.5 Å². The van der Waals surface area contributed by atoms with Crippen molar-refractivity contribution in [3.8, 4) is 11.3 Å². The molecule has 1 atom stereocenters. The van der Waals surface area contributed by atoms with Crippen molar-refractivity contribution in [1.29, 1.82) is 0 Å². The summed E-state index contributed by atoms with van der Waals surface area (Å²) in [5.41, 5.74) is 14.3. The first kappa shape index (κ1) is 19.8. The van der Waals surface area contributed by atoms with Crippen LogP contribution in [0.25, 0.3) is 22.2 Å². The number of carbonyl (C=O) groups excluding carboxylic acids is 1. The number of nitrogens with two attached hydrogens (primary N) is 2. The first-order valence-electron chi connectivity index (χ1n) is 10.4. The lowest BCUT2D eigenvalue weighted by Crippen LogP contribution is -2.41. The second kappa shape index (κ2) is 7.84. The zero-order valence-corrected chi connectivity index (χ0v) is 17.6. The molecule has 32 heavy (non-hydrogen) atoms. The molecular formula is C21H24N10O. The number of nitrogens with zero attached hydrogens (tertiary/aromatic N) is 6. The average Bonchev–Trinajstić information content (AvgIpc) is 3.38. The third-order valence-corrected chi connectivity index (χ3v) is 5.81. The maximum atomic E-state index is 12.8. The van der Waals surface area contributed by atoms with Crippen molar-refractivity contribution in [1.82, 2.24) is 29.9 Å². The second-order valence-corrected chi connectivity index (χ2v) is 7.95. The van der Waals surface area contributed by atoms with E-state index in [0.717, 1.165) is 35.9 Å². The Morgan fingerprint density at radius 2 is 2.09 bits per heavy atom. The van der Waals surface area contributed by atoms with Crippen LogP contribution in [0.4, 0.5) is 23.4 Å². The van der Waals surface area contributed by atoms with Crippen LogP contribution in [0, 0.1) is 5.92 Å². The minimum atomic E-state index is -0.164. The lowest BCUT2D eigenvalue weighted by molar-refractivity contribution is -0.120. The summed E-state index contributed by atoms with van der Waals surface area (Å²) in [4.78, 5) is 23.8. The third-order valence-electron chi connectivity index (χ3n) is 5.81. The van der Waals surface area contributed by atoms with E-state index in [1.807, 2.05) is 24.3 Å². The van der Waals surface area contributed by atoms with Gasteiger partial charge in [0.2, 0.25) is 11.9 Å². The minimum Gasteiger partial charge on any atom is -0.382 e. The number of benzene rings is 1. The Morgan fingerprint density at radius 1 is 1.22 bits per heavy atom.